The molecular formula is C17H29NO2Si. The number of hydrogen-bond acceptors (Lipinski definition) is 3. The van der Waals surface area contributed by atoms with Gasteiger partial charge in [0, 0.05) is 12.8 Å². The number of aromatic nitrogens is 1. The number of aryl methyl sites for hydroxylation is 1. The summed E-state index contributed by atoms with van der Waals surface area (Å²) < 4.78 is 6.34. The van der Waals surface area contributed by atoms with Crippen LogP contribution in [0.15, 0.2) is 18.3 Å². The molecule has 1 N–H and O–H groups in total. The van der Waals surface area contributed by atoms with Crippen LogP contribution in [0.2, 0.25) is 18.1 Å². The normalized spacial score (nSPS) is 23.5. The van der Waals surface area contributed by atoms with Gasteiger partial charge in [-0.25, -0.2) is 0 Å². The van der Waals surface area contributed by atoms with Gasteiger partial charge in [-0.3, -0.25) is 4.98 Å². The maximum Gasteiger partial charge on any atom is 0.191 e. The van der Waals surface area contributed by atoms with Gasteiger partial charge < -0.3 is 9.53 Å². The fourth-order valence-electron chi connectivity index (χ4n) is 2.56. The fourth-order valence-corrected chi connectivity index (χ4v) is 3.65. The van der Waals surface area contributed by atoms with Crippen molar-refractivity contribution in [3.05, 3.63) is 29.6 Å². The van der Waals surface area contributed by atoms with Crippen LogP contribution in [0.5, 0.6) is 0 Å². The van der Waals surface area contributed by atoms with Crippen molar-refractivity contribution in [1.82, 2.24) is 4.98 Å². The quantitative estimate of drug-likeness (QED) is 0.675. The molecule has 3 nitrogen and oxygen atoms in total. The molecule has 1 heterocycles. The first kappa shape index (κ1) is 16.7. The molecule has 1 aromatic rings. The van der Waals surface area contributed by atoms with Crippen LogP contribution in [0.4, 0.5) is 0 Å². The van der Waals surface area contributed by atoms with E-state index < -0.39 is 14.4 Å². The largest absolute Gasteiger partial charge is 0.417 e. The SMILES string of the molecule is CC(C)(C)[Si](C)(C)OC[C@@H]1CCc2cccnc2[C@H](O)C1. The summed E-state index contributed by atoms with van der Waals surface area (Å²) in [6.07, 6.45) is 4.15. The Morgan fingerprint density at radius 3 is 2.76 bits per heavy atom. The number of aliphatic hydroxyl groups excluding tert-OH is 1. The van der Waals surface area contributed by atoms with E-state index in [0.29, 0.717) is 5.92 Å². The third-order valence-electron chi connectivity index (χ3n) is 5.11. The molecule has 0 saturated carbocycles. The fraction of sp³-hybridized carbons (Fsp3) is 0.706. The van der Waals surface area contributed by atoms with E-state index in [2.05, 4.69) is 44.9 Å². The van der Waals surface area contributed by atoms with Crippen LogP contribution in [0.1, 0.15) is 51.0 Å². The van der Waals surface area contributed by atoms with Gasteiger partial charge in [-0.05, 0) is 54.9 Å². The summed E-state index contributed by atoms with van der Waals surface area (Å²) in [5.74, 6) is 0.420. The average molecular weight is 308 g/mol. The van der Waals surface area contributed by atoms with E-state index in [0.717, 1.165) is 31.6 Å². The van der Waals surface area contributed by atoms with Crippen LogP contribution in [-0.4, -0.2) is 25.0 Å². The summed E-state index contributed by atoms with van der Waals surface area (Å²) in [5.41, 5.74) is 2.06. The first-order valence-electron chi connectivity index (χ1n) is 7.96. The lowest BCUT2D eigenvalue weighted by Crippen LogP contribution is -2.42. The molecule has 0 radical (unpaired) electrons. The molecule has 0 saturated heterocycles. The Hall–Kier alpha value is -0.713. The third-order valence-corrected chi connectivity index (χ3v) is 9.61. The molecule has 1 aliphatic carbocycles. The Kier molecular flexibility index (Phi) is 4.91. The van der Waals surface area contributed by atoms with Crippen LogP contribution < -0.4 is 0 Å². The first-order valence-corrected chi connectivity index (χ1v) is 10.9. The van der Waals surface area contributed by atoms with Crippen LogP contribution in [0.25, 0.3) is 0 Å². The molecule has 0 fully saturated rings. The Morgan fingerprint density at radius 1 is 1.38 bits per heavy atom. The smallest absolute Gasteiger partial charge is 0.191 e. The number of hydrogen-bond donors (Lipinski definition) is 1. The highest BCUT2D eigenvalue weighted by atomic mass is 28.4. The second kappa shape index (κ2) is 6.19. The summed E-state index contributed by atoms with van der Waals surface area (Å²) in [7, 11) is -1.70. The monoisotopic (exact) mass is 307 g/mol. The second-order valence-electron chi connectivity index (χ2n) is 7.78. The maximum atomic E-state index is 10.4. The van der Waals surface area contributed by atoms with E-state index in [1.54, 1.807) is 6.20 Å². The molecule has 1 aliphatic rings. The second-order valence-corrected chi connectivity index (χ2v) is 12.6. The van der Waals surface area contributed by atoms with Crippen molar-refractivity contribution in [2.24, 2.45) is 5.92 Å². The maximum absolute atomic E-state index is 10.4. The Bertz CT molecular complexity index is 482. The van der Waals surface area contributed by atoms with Gasteiger partial charge in [-0.15, -0.1) is 0 Å². The van der Waals surface area contributed by atoms with Crippen molar-refractivity contribution < 1.29 is 9.53 Å². The van der Waals surface area contributed by atoms with Crippen LogP contribution in [0.3, 0.4) is 0 Å². The highest BCUT2D eigenvalue weighted by Crippen LogP contribution is 2.38. The lowest BCUT2D eigenvalue weighted by Gasteiger charge is -2.37. The van der Waals surface area contributed by atoms with Crippen molar-refractivity contribution >= 4 is 8.32 Å². The zero-order valence-corrected chi connectivity index (χ0v) is 15.0. The van der Waals surface area contributed by atoms with E-state index >= 15 is 0 Å². The molecule has 2 rings (SSSR count). The summed E-state index contributed by atoms with van der Waals surface area (Å²) >= 11 is 0. The number of nitrogens with zero attached hydrogens (tertiary/aromatic N) is 1. The number of fused-ring (bicyclic) bond motifs is 1. The van der Waals surface area contributed by atoms with Crippen molar-refractivity contribution in [1.29, 1.82) is 0 Å². The van der Waals surface area contributed by atoms with Gasteiger partial charge >= 0.3 is 0 Å². The van der Waals surface area contributed by atoms with E-state index in [4.69, 9.17) is 4.43 Å². The zero-order valence-electron chi connectivity index (χ0n) is 14.0. The van der Waals surface area contributed by atoms with Crippen molar-refractivity contribution in [3.63, 3.8) is 0 Å². The molecule has 0 unspecified atom stereocenters. The average Bonchev–Trinajstić information content (AvgIpc) is 2.55. The minimum absolute atomic E-state index is 0.237. The van der Waals surface area contributed by atoms with E-state index in [1.807, 2.05) is 6.07 Å². The third kappa shape index (κ3) is 3.93. The summed E-state index contributed by atoms with van der Waals surface area (Å²) in [6, 6.07) is 4.04. The van der Waals surface area contributed by atoms with E-state index in [1.165, 1.54) is 5.56 Å². The van der Waals surface area contributed by atoms with Gasteiger partial charge in [0.15, 0.2) is 8.32 Å². The van der Waals surface area contributed by atoms with Gasteiger partial charge in [-0.2, -0.15) is 0 Å². The van der Waals surface area contributed by atoms with Gasteiger partial charge in [0.1, 0.15) is 0 Å². The summed E-state index contributed by atoms with van der Waals surface area (Å²) in [5, 5.41) is 10.6. The molecule has 21 heavy (non-hydrogen) atoms. The van der Waals surface area contributed by atoms with Gasteiger partial charge in [-0.1, -0.05) is 26.8 Å². The van der Waals surface area contributed by atoms with Crippen LogP contribution in [0, 0.1) is 5.92 Å². The molecule has 0 aromatic carbocycles. The Morgan fingerprint density at radius 2 is 2.10 bits per heavy atom. The predicted octanol–water partition coefficient (Wildman–Crippen LogP) is 4.09. The van der Waals surface area contributed by atoms with E-state index in [9.17, 15) is 5.11 Å². The van der Waals surface area contributed by atoms with Crippen molar-refractivity contribution in [2.75, 3.05) is 6.61 Å². The number of aliphatic hydroxyl groups is 1. The summed E-state index contributed by atoms with van der Waals surface area (Å²) in [6.45, 7) is 12.1. The molecule has 0 amide bonds. The molecule has 0 aliphatic heterocycles. The molecule has 4 heteroatoms. The lowest BCUT2D eigenvalue weighted by molar-refractivity contribution is 0.117. The Balaban J connectivity index is 1.99. The molecule has 1 aromatic heterocycles. The topological polar surface area (TPSA) is 42.4 Å². The van der Waals surface area contributed by atoms with Gasteiger partial charge in [0.05, 0.1) is 11.8 Å². The Labute approximate surface area is 129 Å². The van der Waals surface area contributed by atoms with E-state index in [-0.39, 0.29) is 5.04 Å². The number of rotatable bonds is 3. The highest BCUT2D eigenvalue weighted by molar-refractivity contribution is 6.74. The molecular weight excluding hydrogens is 278 g/mol. The van der Waals surface area contributed by atoms with Crippen molar-refractivity contribution in [3.8, 4) is 0 Å². The number of pyridine rings is 1. The molecule has 2 atom stereocenters. The van der Waals surface area contributed by atoms with Crippen LogP contribution >= 0.6 is 0 Å². The lowest BCUT2D eigenvalue weighted by atomic mass is 10.00. The van der Waals surface area contributed by atoms with Crippen LogP contribution in [-0.2, 0) is 10.8 Å². The molecule has 118 valence electrons. The summed E-state index contributed by atoms with van der Waals surface area (Å²) in [4.78, 5) is 4.36. The predicted molar refractivity (Wildman–Crippen MR) is 88.8 cm³/mol. The first-order chi connectivity index (χ1) is 9.71. The van der Waals surface area contributed by atoms with Gasteiger partial charge in [0.25, 0.3) is 0 Å². The molecule has 0 bridgehead atoms. The minimum atomic E-state index is -1.70. The molecule has 0 spiro atoms. The standard InChI is InChI=1S/C17H29NO2Si/c1-17(2,3)21(4,5)20-12-13-8-9-14-7-6-10-18-16(14)15(19)11-13/h6-7,10,13,15,19H,8-9,11-12H2,1-5H3/t13-,15-/m1/s1. The minimum Gasteiger partial charge on any atom is -0.417 e. The van der Waals surface area contributed by atoms with Gasteiger partial charge in [0.2, 0.25) is 0 Å². The van der Waals surface area contributed by atoms with Crippen molar-refractivity contribution in [2.45, 2.75) is 64.3 Å². The zero-order chi connectivity index (χ0) is 15.7. The highest BCUT2D eigenvalue weighted by Gasteiger charge is 2.38.